The molecule has 31 heavy (non-hydrogen) atoms. The number of fused-ring (bicyclic) bond motifs is 1. The number of hydrogen-bond acceptors (Lipinski definition) is 4. The van der Waals surface area contributed by atoms with Gasteiger partial charge in [-0.3, -0.25) is 4.79 Å². The van der Waals surface area contributed by atoms with Gasteiger partial charge in [0.2, 0.25) is 0 Å². The van der Waals surface area contributed by atoms with E-state index in [2.05, 4.69) is 74.7 Å². The SMILES string of the molecule is CC(C)(C)[Si](C)(C)OC[C@H]1CC[C@H](O[Si](C)(C)C(C)(C)C)[C@@]2(C)C[C@@H]3C=CC(=O)[C@]12O3. The minimum Gasteiger partial charge on any atom is -0.416 e. The first-order valence-electron chi connectivity index (χ1n) is 12.1. The number of hydrogen-bond donors (Lipinski definition) is 0. The summed E-state index contributed by atoms with van der Waals surface area (Å²) in [6.07, 6.45) is 6.54. The van der Waals surface area contributed by atoms with Gasteiger partial charge in [-0.25, -0.2) is 0 Å². The fraction of sp³-hybridized carbons (Fsp3) is 0.880. The molecule has 5 atom stereocenters. The van der Waals surface area contributed by atoms with Crippen LogP contribution in [0.1, 0.15) is 67.7 Å². The minimum atomic E-state index is -1.98. The molecule has 178 valence electrons. The molecule has 2 heterocycles. The van der Waals surface area contributed by atoms with Gasteiger partial charge >= 0.3 is 0 Å². The second-order valence-electron chi connectivity index (χ2n) is 13.4. The van der Waals surface area contributed by atoms with Crippen LogP contribution in [0.15, 0.2) is 12.2 Å². The van der Waals surface area contributed by atoms with E-state index in [0.717, 1.165) is 19.3 Å². The third-order valence-corrected chi connectivity index (χ3v) is 18.4. The van der Waals surface area contributed by atoms with Crippen molar-refractivity contribution in [3.63, 3.8) is 0 Å². The smallest absolute Gasteiger partial charge is 0.192 e. The van der Waals surface area contributed by atoms with Crippen LogP contribution in [-0.2, 0) is 18.4 Å². The van der Waals surface area contributed by atoms with Crippen LogP contribution in [0.25, 0.3) is 0 Å². The first kappa shape index (κ1) is 25.3. The molecular weight excluding hydrogens is 420 g/mol. The molecule has 0 radical (unpaired) electrons. The summed E-state index contributed by atoms with van der Waals surface area (Å²) in [5.41, 5.74) is -1.15. The molecule has 2 fully saturated rings. The lowest BCUT2D eigenvalue weighted by Crippen LogP contribution is -2.66. The lowest BCUT2D eigenvalue weighted by molar-refractivity contribution is -0.188. The maximum absolute atomic E-state index is 13.6. The summed E-state index contributed by atoms with van der Waals surface area (Å²) < 4.78 is 20.3. The molecule has 2 bridgehead atoms. The Morgan fingerprint density at radius 1 is 1.03 bits per heavy atom. The normalized spacial score (nSPS) is 36.6. The van der Waals surface area contributed by atoms with E-state index in [0.29, 0.717) is 6.61 Å². The van der Waals surface area contributed by atoms with Gasteiger partial charge in [-0.2, -0.15) is 0 Å². The van der Waals surface area contributed by atoms with Crippen molar-refractivity contribution in [3.8, 4) is 0 Å². The summed E-state index contributed by atoms with van der Waals surface area (Å²) in [7, 11) is -3.89. The molecule has 3 aliphatic rings. The van der Waals surface area contributed by atoms with E-state index in [-0.39, 0.29) is 39.4 Å². The van der Waals surface area contributed by atoms with Crippen LogP contribution < -0.4 is 0 Å². The molecule has 1 aliphatic carbocycles. The highest BCUT2D eigenvalue weighted by molar-refractivity contribution is 6.74. The Bertz CT molecular complexity index is 746. The average Bonchev–Trinajstić information content (AvgIpc) is 2.86. The van der Waals surface area contributed by atoms with Gasteiger partial charge in [-0.15, -0.1) is 0 Å². The zero-order chi connectivity index (χ0) is 23.7. The largest absolute Gasteiger partial charge is 0.416 e. The van der Waals surface area contributed by atoms with E-state index in [9.17, 15) is 4.79 Å². The van der Waals surface area contributed by atoms with Crippen LogP contribution in [0, 0.1) is 11.3 Å². The molecule has 2 aliphatic heterocycles. The predicted molar refractivity (Wildman–Crippen MR) is 132 cm³/mol. The van der Waals surface area contributed by atoms with Crippen molar-refractivity contribution in [2.45, 2.75) is 122 Å². The molecule has 0 aromatic rings. The third kappa shape index (κ3) is 3.98. The number of carbonyl (C=O) groups excluding carboxylic acids is 1. The Labute approximate surface area is 192 Å². The van der Waals surface area contributed by atoms with Gasteiger partial charge in [0.25, 0.3) is 0 Å². The summed E-state index contributed by atoms with van der Waals surface area (Å²) in [4.78, 5) is 13.6. The summed E-state index contributed by atoms with van der Waals surface area (Å²) in [6, 6.07) is 0. The molecule has 1 spiro atoms. The van der Waals surface area contributed by atoms with Crippen molar-refractivity contribution in [2.75, 3.05) is 6.61 Å². The van der Waals surface area contributed by atoms with Gasteiger partial charge in [0.05, 0.1) is 12.2 Å². The maximum atomic E-state index is 13.6. The van der Waals surface area contributed by atoms with E-state index in [4.69, 9.17) is 13.6 Å². The predicted octanol–water partition coefficient (Wildman–Crippen LogP) is 6.48. The molecule has 1 saturated carbocycles. The number of carbonyl (C=O) groups is 1. The minimum absolute atomic E-state index is 0.00156. The lowest BCUT2D eigenvalue weighted by atomic mass is 9.56. The van der Waals surface area contributed by atoms with Crippen molar-refractivity contribution in [2.24, 2.45) is 11.3 Å². The van der Waals surface area contributed by atoms with Gasteiger partial charge in [0, 0.05) is 17.9 Å². The highest BCUT2D eigenvalue weighted by Gasteiger charge is 2.70. The molecule has 4 nitrogen and oxygen atoms in total. The Morgan fingerprint density at radius 3 is 2.16 bits per heavy atom. The molecule has 6 heteroatoms. The van der Waals surface area contributed by atoms with Gasteiger partial charge in [0.1, 0.15) is 5.60 Å². The third-order valence-electron chi connectivity index (χ3n) is 9.40. The van der Waals surface area contributed by atoms with E-state index in [1.807, 2.05) is 6.08 Å². The van der Waals surface area contributed by atoms with Gasteiger partial charge in [-0.1, -0.05) is 54.5 Å². The number of ether oxygens (including phenoxy) is 1. The van der Waals surface area contributed by atoms with Crippen LogP contribution in [0.4, 0.5) is 0 Å². The van der Waals surface area contributed by atoms with Crippen LogP contribution >= 0.6 is 0 Å². The first-order valence-corrected chi connectivity index (χ1v) is 17.9. The van der Waals surface area contributed by atoms with Crippen LogP contribution in [-0.4, -0.2) is 46.8 Å². The van der Waals surface area contributed by atoms with E-state index < -0.39 is 22.2 Å². The summed E-state index contributed by atoms with van der Waals surface area (Å²) in [6.45, 7) is 25.7. The molecule has 0 N–H and O–H groups in total. The maximum Gasteiger partial charge on any atom is 0.192 e. The Hall–Kier alpha value is -0.276. The second-order valence-corrected chi connectivity index (χ2v) is 23.0. The Morgan fingerprint density at radius 2 is 1.61 bits per heavy atom. The highest BCUT2D eigenvalue weighted by atomic mass is 28.4. The number of ketones is 1. The Balaban J connectivity index is 1.94. The summed E-state index contributed by atoms with van der Waals surface area (Å²) >= 11 is 0. The van der Waals surface area contributed by atoms with Crippen LogP contribution in [0.5, 0.6) is 0 Å². The summed E-state index contributed by atoms with van der Waals surface area (Å²) in [5.74, 6) is 0.199. The van der Waals surface area contributed by atoms with E-state index >= 15 is 0 Å². The number of rotatable bonds is 5. The molecule has 0 amide bonds. The van der Waals surface area contributed by atoms with Gasteiger partial charge in [0.15, 0.2) is 22.4 Å². The van der Waals surface area contributed by atoms with E-state index in [1.54, 1.807) is 6.08 Å². The fourth-order valence-corrected chi connectivity index (χ4v) is 7.70. The van der Waals surface area contributed by atoms with Crippen LogP contribution in [0.3, 0.4) is 0 Å². The quantitative estimate of drug-likeness (QED) is 0.435. The second kappa shape index (κ2) is 7.62. The monoisotopic (exact) mass is 466 g/mol. The highest BCUT2D eigenvalue weighted by Crippen LogP contribution is 2.61. The molecule has 0 aromatic carbocycles. The standard InChI is InChI=1S/C25H46O4Si2/c1-22(2,3)30(8,9)27-17-18-12-15-21(29-31(10,11)23(4,5)6)24(7)16-19-13-14-20(26)25(18,24)28-19/h13-14,18-19,21H,12,15-17H2,1-11H3/t18-,19+,21+,24-,25-/m1/s1. The topological polar surface area (TPSA) is 44.8 Å². The zero-order valence-corrected chi connectivity index (χ0v) is 23.8. The van der Waals surface area contributed by atoms with Crippen LogP contribution in [0.2, 0.25) is 36.3 Å². The van der Waals surface area contributed by atoms with Crippen molar-refractivity contribution >= 4 is 22.4 Å². The fourth-order valence-electron chi connectivity index (χ4n) is 5.21. The van der Waals surface area contributed by atoms with E-state index in [1.165, 1.54) is 0 Å². The molecular formula is C25H46O4Si2. The van der Waals surface area contributed by atoms with Gasteiger partial charge < -0.3 is 13.6 Å². The molecule has 3 rings (SSSR count). The van der Waals surface area contributed by atoms with Gasteiger partial charge in [-0.05, 0) is 61.6 Å². The molecule has 1 saturated heterocycles. The Kier molecular flexibility index (Phi) is 6.23. The average molecular weight is 467 g/mol. The van der Waals surface area contributed by atoms with Crippen molar-refractivity contribution < 1.29 is 18.4 Å². The zero-order valence-electron chi connectivity index (χ0n) is 21.8. The molecule has 0 unspecified atom stereocenters. The van der Waals surface area contributed by atoms with Crippen molar-refractivity contribution in [3.05, 3.63) is 12.2 Å². The van der Waals surface area contributed by atoms with Crippen molar-refractivity contribution in [1.29, 1.82) is 0 Å². The molecule has 0 aromatic heterocycles. The van der Waals surface area contributed by atoms with Crippen molar-refractivity contribution in [1.82, 2.24) is 0 Å². The lowest BCUT2D eigenvalue weighted by Gasteiger charge is -2.56. The first-order chi connectivity index (χ1) is 13.9. The summed E-state index contributed by atoms with van der Waals surface area (Å²) in [5, 5.41) is 0.280.